The number of hydrogen-bond donors (Lipinski definition) is 2. The molecule has 0 aliphatic rings. The highest BCUT2D eigenvalue weighted by atomic mass is 16.2. The first-order chi connectivity index (χ1) is 7.93. The second-order valence-electron chi connectivity index (χ2n) is 4.17. The quantitative estimate of drug-likeness (QED) is 0.778. The van der Waals surface area contributed by atoms with E-state index < -0.39 is 6.03 Å². The number of nitrogens with one attached hydrogen (secondary N) is 1. The zero-order chi connectivity index (χ0) is 12.7. The average molecular weight is 233 g/mol. The van der Waals surface area contributed by atoms with Gasteiger partial charge in [0.25, 0.3) is 0 Å². The van der Waals surface area contributed by atoms with Crippen molar-refractivity contribution in [3.05, 3.63) is 22.3 Å². The summed E-state index contributed by atoms with van der Waals surface area (Å²) in [5, 5.41) is 7.97. The Labute approximate surface area is 98.8 Å². The molecule has 3 N–H and O–H groups in total. The number of primary amides is 1. The highest BCUT2D eigenvalue weighted by Crippen LogP contribution is 2.26. The van der Waals surface area contributed by atoms with Crippen LogP contribution in [-0.4, -0.2) is 21.1 Å². The normalized spacial score (nSPS) is 10.8. The molecule has 0 fully saturated rings. The second-order valence-corrected chi connectivity index (χ2v) is 4.17. The predicted molar refractivity (Wildman–Crippen MR) is 65.4 cm³/mol. The van der Waals surface area contributed by atoms with Gasteiger partial charge in [0.05, 0.1) is 0 Å². The van der Waals surface area contributed by atoms with E-state index in [1.807, 2.05) is 20.8 Å². The van der Waals surface area contributed by atoms with Gasteiger partial charge in [-0.3, -0.25) is 0 Å². The van der Waals surface area contributed by atoms with E-state index in [4.69, 9.17) is 5.73 Å². The third-order valence-corrected chi connectivity index (χ3v) is 3.28. The Balaban J connectivity index is 2.80. The molecule has 1 heterocycles. The lowest BCUT2D eigenvalue weighted by atomic mass is 9.97. The summed E-state index contributed by atoms with van der Waals surface area (Å²) in [4.78, 5) is 12.2. The van der Waals surface area contributed by atoms with Gasteiger partial charge in [-0.1, -0.05) is 0 Å². The van der Waals surface area contributed by atoms with E-state index in [1.165, 1.54) is 15.9 Å². The Bertz CT molecular complexity index is 614. The van der Waals surface area contributed by atoms with Crippen molar-refractivity contribution in [3.63, 3.8) is 0 Å². The van der Waals surface area contributed by atoms with Crippen molar-refractivity contribution < 1.29 is 4.79 Å². The fourth-order valence-corrected chi connectivity index (χ4v) is 1.97. The summed E-state index contributed by atoms with van der Waals surface area (Å²) < 4.78 is 0. The zero-order valence-electron chi connectivity index (χ0n) is 10.3. The SMILES string of the molecule is Cc1c(C)c(C)c2c(nnn2NC(N)=O)c1C. The summed E-state index contributed by atoms with van der Waals surface area (Å²) in [6.45, 7) is 8.07. The number of carbonyl (C=O) groups is 1. The topological polar surface area (TPSA) is 85.8 Å². The van der Waals surface area contributed by atoms with Crippen molar-refractivity contribution in [2.24, 2.45) is 5.73 Å². The van der Waals surface area contributed by atoms with Gasteiger partial charge in [-0.25, -0.2) is 10.2 Å². The van der Waals surface area contributed by atoms with Gasteiger partial charge in [-0.15, -0.1) is 9.89 Å². The first kappa shape index (κ1) is 11.4. The van der Waals surface area contributed by atoms with E-state index in [2.05, 4.69) is 22.7 Å². The van der Waals surface area contributed by atoms with Gasteiger partial charge in [0.15, 0.2) is 0 Å². The van der Waals surface area contributed by atoms with E-state index in [-0.39, 0.29) is 0 Å². The minimum atomic E-state index is -0.660. The second kappa shape index (κ2) is 3.73. The van der Waals surface area contributed by atoms with Crippen LogP contribution in [0.1, 0.15) is 22.3 Å². The number of fused-ring (bicyclic) bond motifs is 1. The molecule has 0 atom stereocenters. The van der Waals surface area contributed by atoms with Crippen LogP contribution in [0.5, 0.6) is 0 Å². The molecule has 1 aromatic carbocycles. The molecular formula is C11H15N5O. The predicted octanol–water partition coefficient (Wildman–Crippen LogP) is 1.29. The maximum atomic E-state index is 10.9. The lowest BCUT2D eigenvalue weighted by Gasteiger charge is -2.11. The molecule has 2 rings (SSSR count). The fourth-order valence-electron chi connectivity index (χ4n) is 1.97. The summed E-state index contributed by atoms with van der Waals surface area (Å²) >= 11 is 0. The third kappa shape index (κ3) is 1.61. The number of aryl methyl sites for hydroxylation is 2. The van der Waals surface area contributed by atoms with Crippen LogP contribution in [0.4, 0.5) is 4.79 Å². The number of hydrogen-bond acceptors (Lipinski definition) is 3. The van der Waals surface area contributed by atoms with Crippen molar-refractivity contribution >= 4 is 17.1 Å². The molecule has 0 saturated carbocycles. The third-order valence-electron chi connectivity index (χ3n) is 3.28. The number of aromatic nitrogens is 3. The lowest BCUT2D eigenvalue weighted by Crippen LogP contribution is -2.29. The number of carbonyl (C=O) groups excluding carboxylic acids is 1. The van der Waals surface area contributed by atoms with Crippen molar-refractivity contribution in [1.82, 2.24) is 15.1 Å². The smallest absolute Gasteiger partial charge is 0.332 e. The van der Waals surface area contributed by atoms with Crippen molar-refractivity contribution in [1.29, 1.82) is 0 Å². The average Bonchev–Trinajstić information content (AvgIpc) is 2.66. The number of urea groups is 1. The number of rotatable bonds is 1. The Kier molecular flexibility index (Phi) is 2.49. The van der Waals surface area contributed by atoms with Gasteiger partial charge < -0.3 is 5.73 Å². The Morgan fingerprint density at radius 2 is 1.71 bits per heavy atom. The van der Waals surface area contributed by atoms with E-state index >= 15 is 0 Å². The molecular weight excluding hydrogens is 218 g/mol. The highest BCUT2D eigenvalue weighted by molar-refractivity contribution is 5.87. The number of nitrogens with zero attached hydrogens (tertiary/aromatic N) is 3. The molecule has 0 aliphatic heterocycles. The molecule has 0 spiro atoms. The maximum absolute atomic E-state index is 10.9. The summed E-state index contributed by atoms with van der Waals surface area (Å²) in [5.41, 5.74) is 13.6. The standard InChI is InChI=1S/C11H15N5O/c1-5-6(2)8(4)10-9(7(5)3)13-15-16(10)14-11(12)17/h1-4H3,(H3,12,14,17). The first-order valence-electron chi connectivity index (χ1n) is 5.31. The van der Waals surface area contributed by atoms with E-state index in [0.29, 0.717) is 0 Å². The molecule has 6 heteroatoms. The zero-order valence-corrected chi connectivity index (χ0v) is 10.3. The maximum Gasteiger partial charge on any atom is 0.332 e. The van der Waals surface area contributed by atoms with E-state index in [0.717, 1.165) is 22.2 Å². The summed E-state index contributed by atoms with van der Waals surface area (Å²) in [5.74, 6) is 0. The molecule has 2 aromatic rings. The van der Waals surface area contributed by atoms with Gasteiger partial charge in [-0.2, -0.15) is 0 Å². The van der Waals surface area contributed by atoms with Crippen LogP contribution < -0.4 is 11.2 Å². The number of benzene rings is 1. The number of nitrogens with two attached hydrogens (primary N) is 1. The van der Waals surface area contributed by atoms with Gasteiger partial charge in [0.2, 0.25) is 0 Å². The molecule has 0 radical (unpaired) electrons. The van der Waals surface area contributed by atoms with Crippen LogP contribution in [0, 0.1) is 27.7 Å². The van der Waals surface area contributed by atoms with Gasteiger partial charge in [-0.05, 0) is 55.2 Å². The van der Waals surface area contributed by atoms with Gasteiger partial charge in [0, 0.05) is 0 Å². The monoisotopic (exact) mass is 233 g/mol. The van der Waals surface area contributed by atoms with Gasteiger partial charge >= 0.3 is 6.03 Å². The molecule has 0 saturated heterocycles. The van der Waals surface area contributed by atoms with Crippen LogP contribution in [0.25, 0.3) is 11.0 Å². The Hall–Kier alpha value is -2.11. The molecule has 0 bridgehead atoms. The van der Waals surface area contributed by atoms with Crippen molar-refractivity contribution in [3.8, 4) is 0 Å². The Morgan fingerprint density at radius 1 is 1.12 bits per heavy atom. The fraction of sp³-hybridized carbons (Fsp3) is 0.364. The van der Waals surface area contributed by atoms with Crippen LogP contribution in [0.2, 0.25) is 0 Å². The molecule has 2 amide bonds. The van der Waals surface area contributed by atoms with Crippen LogP contribution in [0.15, 0.2) is 0 Å². The summed E-state index contributed by atoms with van der Waals surface area (Å²) in [6.07, 6.45) is 0. The van der Waals surface area contributed by atoms with Crippen LogP contribution in [0.3, 0.4) is 0 Å². The molecule has 1 aromatic heterocycles. The molecule has 90 valence electrons. The first-order valence-corrected chi connectivity index (χ1v) is 5.31. The minimum absolute atomic E-state index is 0.660. The largest absolute Gasteiger partial charge is 0.350 e. The molecule has 6 nitrogen and oxygen atoms in total. The molecule has 0 aliphatic carbocycles. The van der Waals surface area contributed by atoms with Crippen molar-refractivity contribution in [2.45, 2.75) is 27.7 Å². The van der Waals surface area contributed by atoms with Crippen molar-refractivity contribution in [2.75, 3.05) is 5.43 Å². The van der Waals surface area contributed by atoms with E-state index in [1.54, 1.807) is 0 Å². The van der Waals surface area contributed by atoms with Crippen LogP contribution in [-0.2, 0) is 0 Å². The lowest BCUT2D eigenvalue weighted by molar-refractivity contribution is 0.256. The van der Waals surface area contributed by atoms with Crippen LogP contribution >= 0.6 is 0 Å². The molecule has 17 heavy (non-hydrogen) atoms. The Morgan fingerprint density at radius 3 is 2.29 bits per heavy atom. The summed E-state index contributed by atoms with van der Waals surface area (Å²) in [7, 11) is 0. The van der Waals surface area contributed by atoms with Gasteiger partial charge in [0.1, 0.15) is 11.0 Å². The van der Waals surface area contributed by atoms with E-state index in [9.17, 15) is 4.79 Å². The summed E-state index contributed by atoms with van der Waals surface area (Å²) in [6, 6.07) is -0.660. The number of amides is 2. The molecule has 0 unspecified atom stereocenters. The highest BCUT2D eigenvalue weighted by Gasteiger charge is 2.15. The minimum Gasteiger partial charge on any atom is -0.350 e.